The second kappa shape index (κ2) is 13.6. The average molecular weight is 711 g/mol. The summed E-state index contributed by atoms with van der Waals surface area (Å²) in [6.07, 6.45) is 3.82. The van der Waals surface area contributed by atoms with E-state index in [1.165, 1.54) is 0 Å². The first-order chi connectivity index (χ1) is 27.2. The molecule has 0 saturated heterocycles. The van der Waals surface area contributed by atoms with Gasteiger partial charge in [-0.3, -0.25) is 0 Å². The first-order valence-corrected chi connectivity index (χ1v) is 17.9. The lowest BCUT2D eigenvalue weighted by atomic mass is 10.0. The number of aromatic nitrogens is 8. The molecule has 260 valence electrons. The predicted molar refractivity (Wildman–Crippen MR) is 214 cm³/mol. The van der Waals surface area contributed by atoms with Crippen molar-refractivity contribution in [3.63, 3.8) is 0 Å². The summed E-state index contributed by atoms with van der Waals surface area (Å²) < 4.78 is 9.73. The second-order valence-electron chi connectivity index (χ2n) is 13.0. The molecule has 0 unspecified atom stereocenters. The van der Waals surface area contributed by atoms with Crippen LogP contribution in [-0.2, 0) is 0 Å². The zero-order valence-corrected chi connectivity index (χ0v) is 29.3. The van der Waals surface area contributed by atoms with Crippen LogP contribution in [0.5, 0.6) is 11.5 Å². The number of ether oxygens (including phenoxy) is 1. The number of fused-ring (bicyclic) bond motifs is 2. The van der Waals surface area contributed by atoms with Gasteiger partial charge in [-0.15, -0.1) is 0 Å². The molecule has 9 heteroatoms. The topological polar surface area (TPSA) is 95.4 Å². The van der Waals surface area contributed by atoms with Gasteiger partial charge in [-0.05, 0) is 48.5 Å². The normalized spacial score (nSPS) is 11.3. The third kappa shape index (κ3) is 6.25. The van der Waals surface area contributed by atoms with Gasteiger partial charge >= 0.3 is 0 Å². The van der Waals surface area contributed by atoms with E-state index in [1.807, 2.05) is 182 Å². The Hall–Kier alpha value is -7.78. The Morgan fingerprint density at radius 2 is 0.636 bits per heavy atom. The minimum atomic E-state index is 0.527. The van der Waals surface area contributed by atoms with Gasteiger partial charge in [0.25, 0.3) is 11.6 Å². The van der Waals surface area contributed by atoms with Crippen LogP contribution in [0.3, 0.4) is 0 Å². The smallest absolute Gasteiger partial charge is 0.251 e. The molecule has 0 radical (unpaired) electrons. The van der Waals surface area contributed by atoms with Gasteiger partial charge in [-0.1, -0.05) is 121 Å². The minimum Gasteiger partial charge on any atom is -0.457 e. The van der Waals surface area contributed by atoms with E-state index in [4.69, 9.17) is 34.9 Å². The SMILES string of the molecule is c1ccc(-c2nc3nc(-c4ccc(Oc5ccc(-c6cn7nc(-c8ccccc8)c(-c8ccccc8)nc7n6)cc5)cc4)cn3nc2-c2ccccc2)cc1. The summed E-state index contributed by atoms with van der Waals surface area (Å²) in [5.74, 6) is 2.47. The molecule has 9 nitrogen and oxygen atoms in total. The van der Waals surface area contributed by atoms with Crippen molar-refractivity contribution in [1.82, 2.24) is 39.2 Å². The first-order valence-electron chi connectivity index (χ1n) is 17.9. The van der Waals surface area contributed by atoms with Crippen molar-refractivity contribution in [3.05, 3.63) is 182 Å². The standard InChI is InChI=1S/C46H30N8O/c1-5-13-33(14-6-1)41-43(35-17-9-3-10-18-35)51-53-29-39(47-45(53)49-41)31-21-25-37(26-22-31)55-38-27-23-32(24-28-38)40-30-54-46(48-40)50-42(34-15-7-2-8-16-34)44(52-54)36-19-11-4-12-20-36/h1-30H. The summed E-state index contributed by atoms with van der Waals surface area (Å²) in [5.41, 5.74) is 10.5. The highest BCUT2D eigenvalue weighted by atomic mass is 16.5. The number of rotatable bonds is 8. The van der Waals surface area contributed by atoms with Crippen LogP contribution in [0.4, 0.5) is 0 Å². The summed E-state index contributed by atoms with van der Waals surface area (Å²) in [4.78, 5) is 19.6. The maximum atomic E-state index is 6.24. The molecule has 0 N–H and O–H groups in total. The molecule has 0 spiro atoms. The quantitative estimate of drug-likeness (QED) is 0.155. The van der Waals surface area contributed by atoms with Crippen molar-refractivity contribution < 1.29 is 4.74 Å². The van der Waals surface area contributed by atoms with Crippen molar-refractivity contribution in [2.24, 2.45) is 0 Å². The van der Waals surface area contributed by atoms with E-state index in [1.54, 1.807) is 9.03 Å². The lowest BCUT2D eigenvalue weighted by Crippen LogP contribution is -2.00. The molecule has 0 aliphatic rings. The molecule has 0 amide bonds. The molecule has 0 atom stereocenters. The number of imidazole rings is 2. The number of hydrogen-bond donors (Lipinski definition) is 0. The van der Waals surface area contributed by atoms with Gasteiger partial charge in [-0.2, -0.15) is 10.2 Å². The summed E-state index contributed by atoms with van der Waals surface area (Å²) >= 11 is 0. The summed E-state index contributed by atoms with van der Waals surface area (Å²) in [7, 11) is 0. The summed E-state index contributed by atoms with van der Waals surface area (Å²) in [5, 5.41) is 9.94. The highest BCUT2D eigenvalue weighted by Gasteiger charge is 2.17. The van der Waals surface area contributed by atoms with Crippen molar-refractivity contribution in [3.8, 4) is 79.0 Å². The molecule has 6 aromatic carbocycles. The minimum absolute atomic E-state index is 0.527. The number of nitrogens with zero attached hydrogens (tertiary/aromatic N) is 8. The monoisotopic (exact) mass is 710 g/mol. The van der Waals surface area contributed by atoms with Crippen molar-refractivity contribution in [2.45, 2.75) is 0 Å². The zero-order chi connectivity index (χ0) is 36.6. The molecular formula is C46H30N8O. The van der Waals surface area contributed by atoms with Crippen LogP contribution < -0.4 is 4.74 Å². The van der Waals surface area contributed by atoms with Gasteiger partial charge in [0.2, 0.25) is 0 Å². The van der Waals surface area contributed by atoms with Gasteiger partial charge in [0, 0.05) is 33.4 Å². The van der Waals surface area contributed by atoms with E-state index >= 15 is 0 Å². The Morgan fingerprint density at radius 1 is 0.309 bits per heavy atom. The Labute approximate surface area is 315 Å². The van der Waals surface area contributed by atoms with Gasteiger partial charge in [-0.25, -0.2) is 29.0 Å². The predicted octanol–water partition coefficient (Wildman–Crippen LogP) is 10.4. The third-order valence-corrected chi connectivity index (χ3v) is 9.35. The fourth-order valence-corrected chi connectivity index (χ4v) is 6.62. The van der Waals surface area contributed by atoms with Crippen LogP contribution in [0, 0.1) is 0 Å². The molecule has 4 aromatic heterocycles. The summed E-state index contributed by atoms with van der Waals surface area (Å²) in [6.45, 7) is 0. The molecule has 0 bridgehead atoms. The average Bonchev–Trinajstić information content (AvgIpc) is 3.88. The molecule has 4 heterocycles. The van der Waals surface area contributed by atoms with Crippen LogP contribution in [0.25, 0.3) is 79.1 Å². The zero-order valence-electron chi connectivity index (χ0n) is 29.3. The Morgan fingerprint density at radius 3 is 0.982 bits per heavy atom. The van der Waals surface area contributed by atoms with Crippen LogP contribution in [-0.4, -0.2) is 39.2 Å². The fraction of sp³-hybridized carbons (Fsp3) is 0. The van der Waals surface area contributed by atoms with E-state index in [0.717, 1.165) is 67.5 Å². The Kier molecular flexibility index (Phi) is 7.92. The van der Waals surface area contributed by atoms with E-state index in [9.17, 15) is 0 Å². The lowest BCUT2D eigenvalue weighted by molar-refractivity contribution is 0.483. The van der Waals surface area contributed by atoms with E-state index in [2.05, 4.69) is 0 Å². The number of benzene rings is 6. The molecule has 10 rings (SSSR count). The highest BCUT2D eigenvalue weighted by molar-refractivity contribution is 5.80. The second-order valence-corrected chi connectivity index (χ2v) is 13.0. The molecule has 10 aromatic rings. The van der Waals surface area contributed by atoms with Gasteiger partial charge in [0.05, 0.1) is 23.8 Å². The Bertz CT molecular complexity index is 2560. The van der Waals surface area contributed by atoms with Crippen molar-refractivity contribution in [2.75, 3.05) is 0 Å². The highest BCUT2D eigenvalue weighted by Crippen LogP contribution is 2.33. The molecule has 0 aliphatic carbocycles. The molecule has 0 saturated carbocycles. The largest absolute Gasteiger partial charge is 0.457 e. The molecule has 55 heavy (non-hydrogen) atoms. The Balaban J connectivity index is 0.897. The third-order valence-electron chi connectivity index (χ3n) is 9.35. The molecular weight excluding hydrogens is 681 g/mol. The van der Waals surface area contributed by atoms with Crippen LogP contribution in [0.1, 0.15) is 0 Å². The first kappa shape index (κ1) is 31.9. The maximum Gasteiger partial charge on any atom is 0.251 e. The fourth-order valence-electron chi connectivity index (χ4n) is 6.62. The van der Waals surface area contributed by atoms with Gasteiger partial charge in [0.1, 0.15) is 34.3 Å². The molecule has 0 fully saturated rings. The van der Waals surface area contributed by atoms with E-state index in [0.29, 0.717) is 23.1 Å². The van der Waals surface area contributed by atoms with Crippen LogP contribution in [0.15, 0.2) is 182 Å². The van der Waals surface area contributed by atoms with E-state index in [-0.39, 0.29) is 0 Å². The lowest BCUT2D eigenvalue weighted by Gasteiger charge is -2.08. The van der Waals surface area contributed by atoms with Crippen LogP contribution in [0.2, 0.25) is 0 Å². The van der Waals surface area contributed by atoms with Crippen molar-refractivity contribution >= 4 is 11.6 Å². The maximum absolute atomic E-state index is 6.24. The number of hydrogen-bond acceptors (Lipinski definition) is 7. The molecule has 0 aliphatic heterocycles. The van der Waals surface area contributed by atoms with Crippen LogP contribution >= 0.6 is 0 Å². The van der Waals surface area contributed by atoms with Gasteiger partial charge < -0.3 is 4.74 Å². The summed E-state index contributed by atoms with van der Waals surface area (Å²) in [6, 6.07) is 56.1. The van der Waals surface area contributed by atoms with Gasteiger partial charge in [0.15, 0.2) is 0 Å². The van der Waals surface area contributed by atoms with E-state index < -0.39 is 0 Å². The van der Waals surface area contributed by atoms with Crippen molar-refractivity contribution in [1.29, 1.82) is 0 Å².